The largest absolute Gasteiger partial charge is 0.349 e. The summed E-state index contributed by atoms with van der Waals surface area (Å²) in [5, 5.41) is 14.1. The van der Waals surface area contributed by atoms with Crippen molar-refractivity contribution in [3.63, 3.8) is 0 Å². The van der Waals surface area contributed by atoms with Gasteiger partial charge in [0, 0.05) is 36.1 Å². The van der Waals surface area contributed by atoms with E-state index in [4.69, 9.17) is 0 Å². The number of amides is 3. The van der Waals surface area contributed by atoms with Crippen LogP contribution < -0.4 is 10.6 Å². The summed E-state index contributed by atoms with van der Waals surface area (Å²) in [7, 11) is 0. The van der Waals surface area contributed by atoms with Gasteiger partial charge >= 0.3 is 6.03 Å². The van der Waals surface area contributed by atoms with Gasteiger partial charge in [0.15, 0.2) is 0 Å². The lowest BCUT2D eigenvalue weighted by atomic mass is 10.0. The monoisotopic (exact) mass is 377 g/mol. The van der Waals surface area contributed by atoms with E-state index in [0.717, 1.165) is 19.3 Å². The summed E-state index contributed by atoms with van der Waals surface area (Å²) < 4.78 is 0. The van der Waals surface area contributed by atoms with Gasteiger partial charge in [-0.25, -0.2) is 4.79 Å². The number of nitrogens with zero attached hydrogens (tertiary/aromatic N) is 1. The molecule has 3 amide bonds. The molecule has 3 heterocycles. The minimum atomic E-state index is -0.0199. The molecule has 1 atom stereocenters. The maximum Gasteiger partial charge on any atom is 0.317 e. The Labute approximate surface area is 156 Å². The second-order valence-corrected chi connectivity index (χ2v) is 7.99. The van der Waals surface area contributed by atoms with Crippen LogP contribution in [0.2, 0.25) is 0 Å². The number of hydrogen-bond acceptors (Lipinski definition) is 4. The van der Waals surface area contributed by atoms with E-state index < -0.39 is 0 Å². The van der Waals surface area contributed by atoms with E-state index in [0.29, 0.717) is 18.7 Å². The zero-order valence-corrected chi connectivity index (χ0v) is 15.9. The fourth-order valence-electron chi connectivity index (χ4n) is 3.00. The normalized spacial score (nSPS) is 16.4. The van der Waals surface area contributed by atoms with Crippen LogP contribution >= 0.6 is 22.7 Å². The lowest BCUT2D eigenvalue weighted by Crippen LogP contribution is -2.51. The van der Waals surface area contributed by atoms with Gasteiger partial charge in [-0.1, -0.05) is 0 Å². The van der Waals surface area contributed by atoms with Gasteiger partial charge < -0.3 is 15.5 Å². The summed E-state index contributed by atoms with van der Waals surface area (Å²) >= 11 is 3.20. The van der Waals surface area contributed by atoms with Crippen molar-refractivity contribution < 1.29 is 9.59 Å². The van der Waals surface area contributed by atoms with E-state index >= 15 is 0 Å². The lowest BCUT2D eigenvalue weighted by molar-refractivity contribution is 0.0918. The van der Waals surface area contributed by atoms with Crippen LogP contribution in [0.15, 0.2) is 33.7 Å². The van der Waals surface area contributed by atoms with Crippen molar-refractivity contribution in [3.8, 4) is 0 Å². The first-order valence-corrected chi connectivity index (χ1v) is 10.4. The quantitative estimate of drug-likeness (QED) is 0.839. The van der Waals surface area contributed by atoms with Crippen molar-refractivity contribution in [2.24, 2.45) is 0 Å². The minimum absolute atomic E-state index is 0.00894. The Kier molecular flexibility index (Phi) is 6.09. The highest BCUT2D eigenvalue weighted by atomic mass is 32.1. The number of nitrogens with one attached hydrogen (secondary N) is 2. The summed E-state index contributed by atoms with van der Waals surface area (Å²) in [4.78, 5) is 26.3. The van der Waals surface area contributed by atoms with E-state index in [9.17, 15) is 9.59 Å². The first kappa shape index (κ1) is 17.9. The van der Waals surface area contributed by atoms with Crippen LogP contribution in [0.5, 0.6) is 0 Å². The fraction of sp³-hybridized carbons (Fsp3) is 0.444. The van der Waals surface area contributed by atoms with Crippen LogP contribution in [0.25, 0.3) is 0 Å². The number of piperidine rings is 1. The number of carbonyl (C=O) groups excluding carboxylic acids is 2. The Morgan fingerprint density at radius 1 is 1.20 bits per heavy atom. The Morgan fingerprint density at radius 2 is 1.92 bits per heavy atom. The first-order chi connectivity index (χ1) is 12.1. The van der Waals surface area contributed by atoms with Crippen molar-refractivity contribution in [3.05, 3.63) is 44.8 Å². The lowest BCUT2D eigenvalue weighted by Gasteiger charge is -2.33. The maximum atomic E-state index is 12.4. The Hall–Kier alpha value is -1.86. The van der Waals surface area contributed by atoms with Gasteiger partial charge in [0.05, 0.1) is 0 Å². The predicted octanol–water partition coefficient (Wildman–Crippen LogP) is 3.34. The van der Waals surface area contributed by atoms with Crippen molar-refractivity contribution in [2.45, 2.75) is 38.3 Å². The zero-order valence-electron chi connectivity index (χ0n) is 14.2. The average molecular weight is 378 g/mol. The zero-order chi connectivity index (χ0) is 17.6. The third-order valence-electron chi connectivity index (χ3n) is 4.39. The van der Waals surface area contributed by atoms with Crippen LogP contribution in [0.4, 0.5) is 4.79 Å². The van der Waals surface area contributed by atoms with E-state index in [1.165, 1.54) is 16.9 Å². The highest BCUT2D eigenvalue weighted by Gasteiger charge is 2.24. The summed E-state index contributed by atoms with van der Waals surface area (Å²) in [5.41, 5.74) is 1.97. The van der Waals surface area contributed by atoms with Gasteiger partial charge in [-0.3, -0.25) is 4.79 Å². The SMILES string of the molecule is C[C@@H](Cc1ccsc1)NC(=O)N1CCC(NC(=O)c2ccsc2)CC1. The number of hydrogen-bond donors (Lipinski definition) is 2. The molecule has 2 N–H and O–H groups in total. The van der Waals surface area contributed by atoms with Gasteiger partial charge in [0.25, 0.3) is 5.91 Å². The molecule has 0 saturated carbocycles. The van der Waals surface area contributed by atoms with Crippen molar-refractivity contribution in [1.82, 2.24) is 15.5 Å². The van der Waals surface area contributed by atoms with E-state index in [2.05, 4.69) is 27.5 Å². The summed E-state index contributed by atoms with van der Waals surface area (Å²) in [6, 6.07) is 4.16. The average Bonchev–Trinajstić information content (AvgIpc) is 3.29. The molecule has 0 radical (unpaired) electrons. The van der Waals surface area contributed by atoms with Crippen LogP contribution in [0.1, 0.15) is 35.7 Å². The molecule has 1 saturated heterocycles. The molecule has 2 aromatic heterocycles. The molecule has 0 aliphatic carbocycles. The van der Waals surface area contributed by atoms with Crippen molar-refractivity contribution in [1.29, 1.82) is 0 Å². The number of urea groups is 1. The molecule has 5 nitrogen and oxygen atoms in total. The molecule has 0 unspecified atom stereocenters. The summed E-state index contributed by atoms with van der Waals surface area (Å²) in [6.45, 7) is 3.38. The van der Waals surface area contributed by atoms with Crippen LogP contribution in [-0.4, -0.2) is 42.0 Å². The molecule has 0 bridgehead atoms. The Balaban J connectivity index is 1.40. The van der Waals surface area contributed by atoms with E-state index in [1.807, 2.05) is 28.7 Å². The molecule has 1 aliphatic heterocycles. The predicted molar refractivity (Wildman–Crippen MR) is 102 cm³/mol. The summed E-state index contributed by atoms with van der Waals surface area (Å²) in [5.74, 6) is -0.0199. The smallest absolute Gasteiger partial charge is 0.317 e. The van der Waals surface area contributed by atoms with Gasteiger partial charge in [-0.05, 0) is 60.0 Å². The number of carbonyl (C=O) groups is 2. The minimum Gasteiger partial charge on any atom is -0.349 e. The molecule has 1 aliphatic rings. The van der Waals surface area contributed by atoms with E-state index in [-0.39, 0.29) is 24.0 Å². The third kappa shape index (κ3) is 5.06. The molecule has 0 aromatic carbocycles. The maximum absolute atomic E-state index is 12.4. The molecule has 1 fully saturated rings. The molecule has 7 heteroatoms. The highest BCUT2D eigenvalue weighted by molar-refractivity contribution is 7.08. The molecule has 2 aromatic rings. The number of rotatable bonds is 5. The second kappa shape index (κ2) is 8.49. The highest BCUT2D eigenvalue weighted by Crippen LogP contribution is 2.13. The molecule has 25 heavy (non-hydrogen) atoms. The second-order valence-electron chi connectivity index (χ2n) is 6.43. The van der Waals surface area contributed by atoms with E-state index in [1.54, 1.807) is 11.3 Å². The number of likely N-dealkylation sites (tertiary alicyclic amines) is 1. The Bertz CT molecular complexity index is 677. The molecular formula is C18H23N3O2S2. The van der Waals surface area contributed by atoms with Crippen molar-refractivity contribution >= 4 is 34.6 Å². The van der Waals surface area contributed by atoms with Gasteiger partial charge in [0.2, 0.25) is 0 Å². The van der Waals surface area contributed by atoms with Gasteiger partial charge in [-0.2, -0.15) is 22.7 Å². The molecule has 134 valence electrons. The number of thiophene rings is 2. The van der Waals surface area contributed by atoms with Crippen molar-refractivity contribution in [2.75, 3.05) is 13.1 Å². The molecule has 3 rings (SSSR count). The summed E-state index contributed by atoms with van der Waals surface area (Å²) in [6.07, 6.45) is 2.44. The first-order valence-electron chi connectivity index (χ1n) is 8.51. The fourth-order valence-corrected chi connectivity index (χ4v) is 4.32. The Morgan fingerprint density at radius 3 is 2.56 bits per heavy atom. The standard InChI is InChI=1S/C18H23N3O2S2/c1-13(10-14-4-8-24-11-14)19-18(23)21-6-2-16(3-7-21)20-17(22)15-5-9-25-12-15/h4-5,8-9,11-13,16H,2-3,6-7,10H2,1H3,(H,19,23)(H,20,22)/t13-/m0/s1. The molecule has 0 spiro atoms. The van der Waals surface area contributed by atoms with Crippen LogP contribution in [-0.2, 0) is 6.42 Å². The third-order valence-corrected chi connectivity index (χ3v) is 5.81. The van der Waals surface area contributed by atoms with Crippen LogP contribution in [0, 0.1) is 0 Å². The topological polar surface area (TPSA) is 61.4 Å². The van der Waals surface area contributed by atoms with Gasteiger partial charge in [0.1, 0.15) is 0 Å². The molecular weight excluding hydrogens is 354 g/mol. The van der Waals surface area contributed by atoms with Gasteiger partial charge in [-0.15, -0.1) is 0 Å². The van der Waals surface area contributed by atoms with Crippen LogP contribution in [0.3, 0.4) is 0 Å².